The molecule has 0 N–H and O–H groups in total. The molecule has 0 amide bonds. The third-order valence-corrected chi connectivity index (χ3v) is 4.04. The van der Waals surface area contributed by atoms with Crippen LogP contribution in [-0.2, 0) is 7.05 Å². The fourth-order valence-corrected chi connectivity index (χ4v) is 2.76. The molecule has 0 radical (unpaired) electrons. The number of benzene rings is 2. The summed E-state index contributed by atoms with van der Waals surface area (Å²) in [6.07, 6.45) is 3.20. The summed E-state index contributed by atoms with van der Waals surface area (Å²) in [5.74, 6) is -0.266. The average molecular weight is 364 g/mol. The van der Waals surface area contributed by atoms with E-state index in [9.17, 15) is 9.59 Å². The van der Waals surface area contributed by atoms with E-state index in [1.54, 1.807) is 13.1 Å². The standard InChI is InChI=1S/C20H17NO2.2C2H6/c1-14-16-10-6-7-11-17(16)21(2)20(23)19(14)18(22)13-12-15-8-4-3-5-9-15;2*1-2/h3-13H,1-2H3;2*1-2H3/b13-12+;;. The highest BCUT2D eigenvalue weighted by Crippen LogP contribution is 2.19. The summed E-state index contributed by atoms with van der Waals surface area (Å²) in [6.45, 7) is 9.83. The largest absolute Gasteiger partial charge is 0.311 e. The van der Waals surface area contributed by atoms with E-state index in [2.05, 4.69) is 0 Å². The van der Waals surface area contributed by atoms with Crippen LogP contribution in [0.25, 0.3) is 17.0 Å². The molecule has 142 valence electrons. The number of fused-ring (bicyclic) bond motifs is 1. The molecule has 0 saturated heterocycles. The molecule has 0 bridgehead atoms. The molecule has 0 saturated carbocycles. The zero-order valence-corrected chi connectivity index (χ0v) is 17.1. The molecule has 0 atom stereocenters. The van der Waals surface area contributed by atoms with Crippen molar-refractivity contribution in [2.75, 3.05) is 0 Å². The Kier molecular flexibility index (Phi) is 8.94. The van der Waals surface area contributed by atoms with Gasteiger partial charge in [-0.05, 0) is 30.2 Å². The molecule has 27 heavy (non-hydrogen) atoms. The molecule has 0 fully saturated rings. The number of rotatable bonds is 3. The van der Waals surface area contributed by atoms with Crippen molar-refractivity contribution in [2.24, 2.45) is 7.05 Å². The van der Waals surface area contributed by atoms with Crippen molar-refractivity contribution in [3.63, 3.8) is 0 Å². The van der Waals surface area contributed by atoms with Crippen molar-refractivity contribution < 1.29 is 4.79 Å². The SMILES string of the molecule is CC.CC.Cc1c(C(=O)/C=C/c2ccccc2)c(=O)n(C)c2ccccc12. The first kappa shape index (κ1) is 22.1. The van der Waals surface area contributed by atoms with Gasteiger partial charge in [-0.1, -0.05) is 82.3 Å². The van der Waals surface area contributed by atoms with Crippen LogP contribution in [0.15, 0.2) is 65.5 Å². The van der Waals surface area contributed by atoms with E-state index in [0.29, 0.717) is 0 Å². The van der Waals surface area contributed by atoms with Gasteiger partial charge in [-0.2, -0.15) is 0 Å². The monoisotopic (exact) mass is 363 g/mol. The predicted molar refractivity (Wildman–Crippen MR) is 116 cm³/mol. The Morgan fingerprint density at radius 2 is 1.44 bits per heavy atom. The second-order valence-corrected chi connectivity index (χ2v) is 5.49. The molecule has 2 aromatic carbocycles. The van der Waals surface area contributed by atoms with Crippen LogP contribution in [0, 0.1) is 6.92 Å². The Labute approximate surface area is 162 Å². The zero-order chi connectivity index (χ0) is 20.4. The van der Waals surface area contributed by atoms with E-state index in [0.717, 1.165) is 22.0 Å². The first-order chi connectivity index (χ1) is 13.1. The lowest BCUT2D eigenvalue weighted by molar-refractivity contribution is 0.104. The van der Waals surface area contributed by atoms with E-state index >= 15 is 0 Å². The normalized spacial score (nSPS) is 10.0. The minimum Gasteiger partial charge on any atom is -0.311 e. The number of pyridine rings is 1. The second-order valence-electron chi connectivity index (χ2n) is 5.49. The minimum atomic E-state index is -0.266. The number of carbonyl (C=O) groups excluding carboxylic acids is 1. The summed E-state index contributed by atoms with van der Waals surface area (Å²) in [6, 6.07) is 17.2. The Hall–Kier alpha value is -2.94. The summed E-state index contributed by atoms with van der Waals surface area (Å²) < 4.78 is 1.53. The Morgan fingerprint density at radius 3 is 2.07 bits per heavy atom. The van der Waals surface area contributed by atoms with Crippen LogP contribution in [0.1, 0.15) is 49.2 Å². The first-order valence-corrected chi connectivity index (χ1v) is 9.45. The number of allylic oxidation sites excluding steroid dienone is 1. The maximum Gasteiger partial charge on any atom is 0.262 e. The van der Waals surface area contributed by atoms with Gasteiger partial charge in [0.05, 0.1) is 11.1 Å². The fourth-order valence-electron chi connectivity index (χ4n) is 2.76. The van der Waals surface area contributed by atoms with Gasteiger partial charge in [0.15, 0.2) is 5.78 Å². The summed E-state index contributed by atoms with van der Waals surface area (Å²) in [5.41, 5.74) is 2.46. The average Bonchev–Trinajstić information content (AvgIpc) is 2.74. The fraction of sp³-hybridized carbons (Fsp3) is 0.250. The van der Waals surface area contributed by atoms with Gasteiger partial charge < -0.3 is 4.57 Å². The third-order valence-electron chi connectivity index (χ3n) is 4.04. The highest BCUT2D eigenvalue weighted by molar-refractivity contribution is 6.09. The van der Waals surface area contributed by atoms with E-state index < -0.39 is 0 Å². The molecule has 3 rings (SSSR count). The van der Waals surface area contributed by atoms with Gasteiger partial charge in [-0.3, -0.25) is 9.59 Å². The quantitative estimate of drug-likeness (QED) is 0.436. The minimum absolute atomic E-state index is 0.235. The van der Waals surface area contributed by atoms with Crippen molar-refractivity contribution in [1.82, 2.24) is 4.57 Å². The van der Waals surface area contributed by atoms with Crippen LogP contribution >= 0.6 is 0 Å². The number of hydrogen-bond acceptors (Lipinski definition) is 2. The molecule has 3 heteroatoms. The summed E-state index contributed by atoms with van der Waals surface area (Å²) in [4.78, 5) is 25.1. The smallest absolute Gasteiger partial charge is 0.262 e. The number of nitrogens with zero attached hydrogens (tertiary/aromatic N) is 1. The van der Waals surface area contributed by atoms with Gasteiger partial charge in [0.25, 0.3) is 5.56 Å². The van der Waals surface area contributed by atoms with E-state index in [-0.39, 0.29) is 16.9 Å². The summed E-state index contributed by atoms with van der Waals surface area (Å²) in [5, 5.41) is 0.922. The van der Waals surface area contributed by atoms with Crippen LogP contribution < -0.4 is 5.56 Å². The van der Waals surface area contributed by atoms with E-state index in [4.69, 9.17) is 0 Å². The number of aromatic nitrogens is 1. The number of ketones is 1. The molecule has 0 aliphatic heterocycles. The number of hydrogen-bond donors (Lipinski definition) is 0. The van der Waals surface area contributed by atoms with Gasteiger partial charge in [-0.15, -0.1) is 0 Å². The Morgan fingerprint density at radius 1 is 0.889 bits per heavy atom. The van der Waals surface area contributed by atoms with Gasteiger partial charge in [0, 0.05) is 12.4 Å². The Balaban J connectivity index is 0.000000855. The highest BCUT2D eigenvalue weighted by atomic mass is 16.1. The van der Waals surface area contributed by atoms with Gasteiger partial charge in [-0.25, -0.2) is 0 Å². The maximum atomic E-state index is 12.6. The van der Waals surface area contributed by atoms with Gasteiger partial charge in [0.2, 0.25) is 0 Å². The molecular formula is C24H29NO2. The highest BCUT2D eigenvalue weighted by Gasteiger charge is 2.16. The maximum absolute atomic E-state index is 12.6. The van der Waals surface area contributed by atoms with Crippen LogP contribution in [-0.4, -0.2) is 10.4 Å². The van der Waals surface area contributed by atoms with E-state index in [1.807, 2.05) is 89.2 Å². The number of aryl methyl sites for hydroxylation is 2. The molecule has 0 aliphatic rings. The Bertz CT molecular complexity index is 967. The molecule has 1 heterocycles. The van der Waals surface area contributed by atoms with Crippen LogP contribution in [0.5, 0.6) is 0 Å². The first-order valence-electron chi connectivity index (χ1n) is 9.45. The van der Waals surface area contributed by atoms with Crippen molar-refractivity contribution in [3.05, 3.63) is 87.7 Å². The van der Waals surface area contributed by atoms with Crippen LogP contribution in [0.3, 0.4) is 0 Å². The number of para-hydroxylation sites is 1. The summed E-state index contributed by atoms with van der Waals surface area (Å²) >= 11 is 0. The van der Waals surface area contributed by atoms with Crippen LogP contribution in [0.4, 0.5) is 0 Å². The lowest BCUT2D eigenvalue weighted by Crippen LogP contribution is -2.25. The number of carbonyl (C=O) groups is 1. The topological polar surface area (TPSA) is 39.1 Å². The molecule has 1 aromatic heterocycles. The van der Waals surface area contributed by atoms with Crippen molar-refractivity contribution in [1.29, 1.82) is 0 Å². The molecule has 0 spiro atoms. The zero-order valence-electron chi connectivity index (χ0n) is 17.1. The van der Waals surface area contributed by atoms with Crippen molar-refractivity contribution in [3.8, 4) is 0 Å². The van der Waals surface area contributed by atoms with Crippen LogP contribution in [0.2, 0.25) is 0 Å². The van der Waals surface area contributed by atoms with Crippen molar-refractivity contribution in [2.45, 2.75) is 34.6 Å². The molecule has 0 unspecified atom stereocenters. The van der Waals surface area contributed by atoms with E-state index in [1.165, 1.54) is 10.6 Å². The molecule has 0 aliphatic carbocycles. The lowest BCUT2D eigenvalue weighted by Gasteiger charge is -2.11. The predicted octanol–water partition coefficient (Wildman–Crippen LogP) is 5.80. The van der Waals surface area contributed by atoms with Gasteiger partial charge in [0.1, 0.15) is 0 Å². The van der Waals surface area contributed by atoms with Crippen molar-refractivity contribution >= 4 is 22.8 Å². The van der Waals surface area contributed by atoms with Gasteiger partial charge >= 0.3 is 0 Å². The lowest BCUT2D eigenvalue weighted by atomic mass is 10.0. The molecule has 3 nitrogen and oxygen atoms in total. The third kappa shape index (κ3) is 5.04. The molecular weight excluding hydrogens is 334 g/mol. The summed E-state index contributed by atoms with van der Waals surface area (Å²) in [7, 11) is 1.70. The second kappa shape index (κ2) is 10.9. The molecule has 3 aromatic rings.